The van der Waals surface area contributed by atoms with E-state index >= 15 is 0 Å². The number of halogens is 1. The molecule has 0 aliphatic rings. The number of hydrogen-bond donors (Lipinski definition) is 0. The third-order valence-electron chi connectivity index (χ3n) is 2.77. The van der Waals surface area contributed by atoms with Crippen LogP contribution in [0.3, 0.4) is 0 Å². The monoisotopic (exact) mass is 320 g/mol. The summed E-state index contributed by atoms with van der Waals surface area (Å²) in [6.45, 7) is 3.89. The summed E-state index contributed by atoms with van der Waals surface area (Å²) >= 11 is 3.48. The first-order valence-corrected chi connectivity index (χ1v) is 6.50. The van der Waals surface area contributed by atoms with Gasteiger partial charge in [-0.05, 0) is 37.1 Å². The molecule has 0 unspecified atom stereocenters. The molecule has 1 aromatic carbocycles. The van der Waals surface area contributed by atoms with Gasteiger partial charge in [0.05, 0.1) is 7.11 Å². The number of carbonyl (C=O) groups excluding carboxylic acids is 1. The Hall–Kier alpha value is -1.75. The van der Waals surface area contributed by atoms with Crippen LogP contribution in [0.4, 0.5) is 0 Å². The number of aryl methyl sites for hydroxylation is 2. The van der Waals surface area contributed by atoms with Crippen LogP contribution < -0.4 is 4.74 Å². The molecular formula is C14H13BrN2O2. The Morgan fingerprint density at radius 1 is 1.16 bits per heavy atom. The second kappa shape index (κ2) is 5.48. The Labute approximate surface area is 120 Å². The van der Waals surface area contributed by atoms with Crippen LogP contribution in [0, 0.1) is 13.8 Å². The molecule has 0 amide bonds. The van der Waals surface area contributed by atoms with Gasteiger partial charge in [0.2, 0.25) is 11.7 Å². The maximum atomic E-state index is 12.4. The molecule has 0 saturated carbocycles. The van der Waals surface area contributed by atoms with Gasteiger partial charge in [0.1, 0.15) is 0 Å². The first-order chi connectivity index (χ1) is 9.04. The zero-order chi connectivity index (χ0) is 14.0. The number of hydrogen-bond acceptors (Lipinski definition) is 4. The molecule has 1 aromatic heterocycles. The zero-order valence-electron chi connectivity index (χ0n) is 10.9. The van der Waals surface area contributed by atoms with Crippen molar-refractivity contribution in [3.8, 4) is 5.88 Å². The highest BCUT2D eigenvalue weighted by molar-refractivity contribution is 9.10. The maximum Gasteiger partial charge on any atom is 0.243 e. The summed E-state index contributed by atoms with van der Waals surface area (Å²) in [6.07, 6.45) is 2.97. The summed E-state index contributed by atoms with van der Waals surface area (Å²) in [6, 6.07) is 3.65. The van der Waals surface area contributed by atoms with Crippen molar-refractivity contribution in [2.24, 2.45) is 0 Å². The summed E-state index contributed by atoms with van der Waals surface area (Å²) in [4.78, 5) is 20.5. The average molecular weight is 321 g/mol. The Morgan fingerprint density at radius 2 is 1.74 bits per heavy atom. The topological polar surface area (TPSA) is 52.1 Å². The Morgan fingerprint density at radius 3 is 2.32 bits per heavy atom. The van der Waals surface area contributed by atoms with Crippen LogP contribution in [-0.2, 0) is 0 Å². The Balaban J connectivity index is 2.50. The minimum Gasteiger partial charge on any atom is -0.479 e. The summed E-state index contributed by atoms with van der Waals surface area (Å²) in [7, 11) is 1.47. The Kier molecular flexibility index (Phi) is 3.95. The van der Waals surface area contributed by atoms with E-state index in [1.54, 1.807) is 0 Å². The number of ketones is 1. The van der Waals surface area contributed by atoms with Crippen LogP contribution in [0.5, 0.6) is 5.88 Å². The second-order valence-electron chi connectivity index (χ2n) is 4.17. The van der Waals surface area contributed by atoms with Crippen molar-refractivity contribution in [3.05, 3.63) is 51.4 Å². The highest BCUT2D eigenvalue weighted by Crippen LogP contribution is 2.24. The van der Waals surface area contributed by atoms with Crippen LogP contribution in [0.15, 0.2) is 29.0 Å². The van der Waals surface area contributed by atoms with Gasteiger partial charge in [-0.25, -0.2) is 9.97 Å². The van der Waals surface area contributed by atoms with E-state index in [4.69, 9.17) is 4.74 Å². The van der Waals surface area contributed by atoms with Gasteiger partial charge >= 0.3 is 0 Å². The third-order valence-corrected chi connectivity index (χ3v) is 4.02. The fraction of sp³-hybridized carbons (Fsp3) is 0.214. The van der Waals surface area contributed by atoms with Gasteiger partial charge in [-0.2, -0.15) is 0 Å². The quantitative estimate of drug-likeness (QED) is 0.815. The number of aromatic nitrogens is 2. The highest BCUT2D eigenvalue weighted by atomic mass is 79.9. The number of ether oxygens (including phenoxy) is 1. The van der Waals surface area contributed by atoms with Gasteiger partial charge in [0.25, 0.3) is 0 Å². The van der Waals surface area contributed by atoms with E-state index in [9.17, 15) is 4.79 Å². The predicted molar refractivity (Wildman–Crippen MR) is 75.6 cm³/mol. The summed E-state index contributed by atoms with van der Waals surface area (Å²) in [5.41, 5.74) is 2.82. The lowest BCUT2D eigenvalue weighted by atomic mass is 10.0. The molecule has 0 N–H and O–H groups in total. The Bertz CT molecular complexity index is 618. The molecule has 5 heteroatoms. The van der Waals surface area contributed by atoms with Crippen molar-refractivity contribution in [1.29, 1.82) is 0 Å². The van der Waals surface area contributed by atoms with Crippen LogP contribution >= 0.6 is 15.9 Å². The number of methoxy groups -OCH3 is 1. The molecule has 0 spiro atoms. The van der Waals surface area contributed by atoms with Crippen molar-refractivity contribution >= 4 is 21.7 Å². The fourth-order valence-electron chi connectivity index (χ4n) is 1.84. The first kappa shape index (κ1) is 13.7. The highest BCUT2D eigenvalue weighted by Gasteiger charge is 2.18. The van der Waals surface area contributed by atoms with Crippen molar-refractivity contribution in [2.45, 2.75) is 13.8 Å². The lowest BCUT2D eigenvalue weighted by Crippen LogP contribution is -2.08. The predicted octanol–water partition coefficient (Wildman–Crippen LogP) is 3.10. The molecule has 4 nitrogen and oxygen atoms in total. The smallest absolute Gasteiger partial charge is 0.243 e. The number of carbonyl (C=O) groups is 1. The van der Waals surface area contributed by atoms with E-state index in [1.807, 2.05) is 26.0 Å². The summed E-state index contributed by atoms with van der Waals surface area (Å²) in [5, 5.41) is 0. The van der Waals surface area contributed by atoms with Gasteiger partial charge in [0.15, 0.2) is 5.69 Å². The molecular weight excluding hydrogens is 308 g/mol. The molecule has 0 aliphatic heterocycles. The largest absolute Gasteiger partial charge is 0.479 e. The van der Waals surface area contributed by atoms with E-state index in [0.29, 0.717) is 5.56 Å². The van der Waals surface area contributed by atoms with Crippen molar-refractivity contribution in [3.63, 3.8) is 0 Å². The molecule has 19 heavy (non-hydrogen) atoms. The molecule has 2 rings (SSSR count). The molecule has 2 aromatic rings. The van der Waals surface area contributed by atoms with E-state index < -0.39 is 0 Å². The van der Waals surface area contributed by atoms with Gasteiger partial charge in [-0.15, -0.1) is 0 Å². The van der Waals surface area contributed by atoms with Gasteiger partial charge in [0, 0.05) is 22.4 Å². The van der Waals surface area contributed by atoms with Crippen molar-refractivity contribution < 1.29 is 9.53 Å². The lowest BCUT2D eigenvalue weighted by molar-refractivity contribution is 0.103. The number of rotatable bonds is 3. The molecule has 0 radical (unpaired) electrons. The molecule has 1 heterocycles. The molecule has 0 bridgehead atoms. The number of nitrogens with zero attached hydrogens (tertiary/aromatic N) is 2. The van der Waals surface area contributed by atoms with Gasteiger partial charge < -0.3 is 4.74 Å². The molecule has 0 fully saturated rings. The zero-order valence-corrected chi connectivity index (χ0v) is 12.5. The van der Waals surface area contributed by atoms with E-state index in [-0.39, 0.29) is 17.4 Å². The average Bonchev–Trinajstić information content (AvgIpc) is 2.43. The molecule has 0 aliphatic carbocycles. The van der Waals surface area contributed by atoms with Crippen molar-refractivity contribution in [2.75, 3.05) is 7.11 Å². The van der Waals surface area contributed by atoms with Gasteiger partial charge in [-0.1, -0.05) is 15.9 Å². The lowest BCUT2D eigenvalue weighted by Gasteiger charge is -2.08. The van der Waals surface area contributed by atoms with Crippen LogP contribution in [0.2, 0.25) is 0 Å². The molecule has 98 valence electrons. The SMILES string of the molecule is COc1nccnc1C(=O)c1cc(C)c(Br)c(C)c1. The second-order valence-corrected chi connectivity index (χ2v) is 4.96. The van der Waals surface area contributed by atoms with E-state index in [1.165, 1.54) is 19.5 Å². The van der Waals surface area contributed by atoms with E-state index in [2.05, 4.69) is 25.9 Å². The maximum absolute atomic E-state index is 12.4. The summed E-state index contributed by atoms with van der Waals surface area (Å²) in [5.74, 6) is 0.0503. The summed E-state index contributed by atoms with van der Waals surface area (Å²) < 4.78 is 6.08. The van der Waals surface area contributed by atoms with Crippen LogP contribution in [-0.4, -0.2) is 22.9 Å². The van der Waals surface area contributed by atoms with E-state index in [0.717, 1.165) is 15.6 Å². The fourth-order valence-corrected chi connectivity index (χ4v) is 2.07. The van der Waals surface area contributed by atoms with Gasteiger partial charge in [-0.3, -0.25) is 4.79 Å². The first-order valence-electron chi connectivity index (χ1n) is 5.71. The molecule has 0 saturated heterocycles. The van der Waals surface area contributed by atoms with Crippen LogP contribution in [0.25, 0.3) is 0 Å². The van der Waals surface area contributed by atoms with Crippen molar-refractivity contribution in [1.82, 2.24) is 9.97 Å². The minimum absolute atomic E-state index is 0.191. The molecule has 0 atom stereocenters. The normalized spacial score (nSPS) is 10.3. The number of benzene rings is 1. The van der Waals surface area contributed by atoms with Crippen LogP contribution in [0.1, 0.15) is 27.2 Å². The standard InChI is InChI=1S/C14H13BrN2O2/c1-8-6-10(7-9(2)11(8)15)13(18)12-14(19-3)17-5-4-16-12/h4-7H,1-3H3. The third kappa shape index (κ3) is 2.66. The minimum atomic E-state index is -0.191.